The van der Waals surface area contributed by atoms with Gasteiger partial charge in [0.05, 0.1) is 13.0 Å². The van der Waals surface area contributed by atoms with Gasteiger partial charge < -0.3 is 15.1 Å². The summed E-state index contributed by atoms with van der Waals surface area (Å²) >= 11 is 5.26. The number of rotatable bonds is 7. The van der Waals surface area contributed by atoms with E-state index in [2.05, 4.69) is 20.8 Å². The normalized spacial score (nSPS) is 13.2. The number of nitrogens with zero attached hydrogens (tertiary/aromatic N) is 2. The second-order valence-corrected chi connectivity index (χ2v) is 8.19. The molecule has 0 spiro atoms. The average molecular weight is 448 g/mol. The van der Waals surface area contributed by atoms with E-state index in [1.54, 1.807) is 18.2 Å². The van der Waals surface area contributed by atoms with E-state index in [9.17, 15) is 9.59 Å². The number of hydrogen-bond donors (Lipinski definition) is 3. The minimum atomic E-state index is -0.323. The first kappa shape index (κ1) is 20.2. The lowest BCUT2D eigenvalue weighted by molar-refractivity contribution is -0.120. The summed E-state index contributed by atoms with van der Waals surface area (Å²) in [6.07, 6.45) is 2.41. The van der Waals surface area contributed by atoms with Gasteiger partial charge in [-0.2, -0.15) is 5.10 Å². The molecule has 4 aromatic rings. The zero-order valence-corrected chi connectivity index (χ0v) is 17.9. The number of para-hydroxylation sites is 1. The van der Waals surface area contributed by atoms with Crippen molar-refractivity contribution in [1.29, 1.82) is 0 Å². The van der Waals surface area contributed by atoms with Gasteiger partial charge in [-0.05, 0) is 54.9 Å². The van der Waals surface area contributed by atoms with E-state index in [-0.39, 0.29) is 24.0 Å². The number of carbonyl (C=O) groups is 2. The second-order valence-electron chi connectivity index (χ2n) is 7.80. The predicted octanol–water partition coefficient (Wildman–Crippen LogP) is 4.13. The molecule has 0 unspecified atom stereocenters. The molecule has 162 valence electrons. The fourth-order valence-electron chi connectivity index (χ4n) is 3.59. The topological polar surface area (TPSA) is 105 Å². The van der Waals surface area contributed by atoms with Crippen LogP contribution in [0.15, 0.2) is 59.0 Å². The van der Waals surface area contributed by atoms with Crippen LogP contribution in [-0.4, -0.2) is 26.6 Å². The number of hydrogen-bond acceptors (Lipinski definition) is 5. The molecule has 1 aliphatic carbocycles. The number of furan rings is 1. The molecule has 9 heteroatoms. The largest absolute Gasteiger partial charge is 0.451 e. The highest BCUT2D eigenvalue weighted by molar-refractivity contribution is 7.71. The zero-order valence-electron chi connectivity index (χ0n) is 17.1. The van der Waals surface area contributed by atoms with Crippen molar-refractivity contribution in [3.05, 3.63) is 76.5 Å². The Labute approximate surface area is 188 Å². The lowest BCUT2D eigenvalue weighted by Gasteiger charge is -2.08. The van der Waals surface area contributed by atoms with E-state index < -0.39 is 0 Å². The molecule has 1 saturated carbocycles. The first-order valence-corrected chi connectivity index (χ1v) is 10.8. The van der Waals surface area contributed by atoms with Crippen molar-refractivity contribution in [2.75, 3.05) is 5.32 Å². The summed E-state index contributed by atoms with van der Waals surface area (Å²) in [6.45, 7) is 0.327. The van der Waals surface area contributed by atoms with Crippen LogP contribution >= 0.6 is 12.2 Å². The summed E-state index contributed by atoms with van der Waals surface area (Å²) in [4.78, 5) is 24.8. The van der Waals surface area contributed by atoms with Gasteiger partial charge in [-0.15, -0.1) is 0 Å². The number of nitrogens with one attached hydrogen (secondary N) is 3. The number of aromatic nitrogens is 3. The van der Waals surface area contributed by atoms with Crippen LogP contribution in [0.2, 0.25) is 0 Å². The quantitative estimate of drug-likeness (QED) is 0.370. The molecule has 2 aromatic heterocycles. The Morgan fingerprint density at radius 2 is 1.94 bits per heavy atom. The molecule has 0 saturated heterocycles. The Balaban J connectivity index is 1.16. The molecule has 8 nitrogen and oxygen atoms in total. The Morgan fingerprint density at radius 3 is 2.69 bits per heavy atom. The minimum absolute atomic E-state index is 0.111. The Morgan fingerprint density at radius 1 is 1.16 bits per heavy atom. The number of carbonyl (C=O) groups excluding carboxylic acids is 2. The highest BCUT2D eigenvalue weighted by Crippen LogP contribution is 2.35. The first-order chi connectivity index (χ1) is 15.6. The van der Waals surface area contributed by atoms with Crippen molar-refractivity contribution in [3.8, 4) is 0 Å². The van der Waals surface area contributed by atoms with E-state index in [1.165, 1.54) is 0 Å². The van der Waals surface area contributed by atoms with E-state index in [0.717, 1.165) is 29.6 Å². The summed E-state index contributed by atoms with van der Waals surface area (Å²) in [5.41, 5.74) is 2.13. The van der Waals surface area contributed by atoms with Gasteiger partial charge in [-0.25, -0.2) is 0 Å². The molecule has 1 fully saturated rings. The number of amides is 2. The van der Waals surface area contributed by atoms with Crippen molar-refractivity contribution in [1.82, 2.24) is 20.1 Å². The molecular formula is C23H21N5O3S. The van der Waals surface area contributed by atoms with Crippen LogP contribution in [-0.2, 0) is 17.8 Å². The zero-order chi connectivity index (χ0) is 22.1. The Bertz CT molecular complexity index is 1310. The van der Waals surface area contributed by atoms with Crippen molar-refractivity contribution in [3.63, 3.8) is 0 Å². The van der Waals surface area contributed by atoms with Gasteiger partial charge in [0.2, 0.25) is 5.91 Å². The standard InChI is InChI=1S/C23H21N5O3S/c29-21(24-13-20-26-27-23(32)28(20)17-9-10-17)11-14-5-7-16(8-6-14)25-22(30)19-12-15-3-1-2-4-18(15)31-19/h1-8,12,17H,9-11,13H2,(H,24,29)(H,25,30)(H,27,32). The van der Waals surface area contributed by atoms with Gasteiger partial charge in [-0.3, -0.25) is 19.3 Å². The van der Waals surface area contributed by atoms with E-state index in [4.69, 9.17) is 16.6 Å². The molecule has 0 bridgehead atoms. The predicted molar refractivity (Wildman–Crippen MR) is 122 cm³/mol. The van der Waals surface area contributed by atoms with Crippen LogP contribution in [0.5, 0.6) is 0 Å². The van der Waals surface area contributed by atoms with Crippen molar-refractivity contribution < 1.29 is 14.0 Å². The van der Waals surface area contributed by atoms with E-state index >= 15 is 0 Å². The average Bonchev–Trinajstić information content (AvgIpc) is 3.41. The molecule has 1 aliphatic rings. The number of benzene rings is 2. The molecule has 32 heavy (non-hydrogen) atoms. The smallest absolute Gasteiger partial charge is 0.291 e. The Hall–Kier alpha value is -3.72. The molecule has 3 N–H and O–H groups in total. The van der Waals surface area contributed by atoms with Gasteiger partial charge >= 0.3 is 0 Å². The monoisotopic (exact) mass is 447 g/mol. The number of fused-ring (bicyclic) bond motifs is 1. The van der Waals surface area contributed by atoms with E-state index in [1.807, 2.05) is 41.0 Å². The number of aromatic amines is 1. The van der Waals surface area contributed by atoms with Crippen molar-refractivity contribution in [2.24, 2.45) is 0 Å². The van der Waals surface area contributed by atoms with Crippen LogP contribution in [0.1, 0.15) is 40.8 Å². The van der Waals surface area contributed by atoms with Crippen LogP contribution in [0.3, 0.4) is 0 Å². The summed E-state index contributed by atoms with van der Waals surface area (Å²) in [7, 11) is 0. The lowest BCUT2D eigenvalue weighted by Crippen LogP contribution is -2.26. The minimum Gasteiger partial charge on any atom is -0.451 e. The fraction of sp³-hybridized carbons (Fsp3) is 0.217. The van der Waals surface area contributed by atoms with Gasteiger partial charge in [0.1, 0.15) is 5.58 Å². The molecule has 2 aromatic carbocycles. The third kappa shape index (κ3) is 4.33. The van der Waals surface area contributed by atoms with Gasteiger partial charge in [-0.1, -0.05) is 30.3 Å². The van der Waals surface area contributed by atoms with Gasteiger partial charge in [0.25, 0.3) is 5.91 Å². The van der Waals surface area contributed by atoms with E-state index in [0.29, 0.717) is 28.6 Å². The molecule has 0 atom stereocenters. The van der Waals surface area contributed by atoms with Crippen LogP contribution in [0.25, 0.3) is 11.0 Å². The van der Waals surface area contributed by atoms with Crippen molar-refractivity contribution in [2.45, 2.75) is 31.8 Å². The summed E-state index contributed by atoms with van der Waals surface area (Å²) < 4.78 is 8.17. The van der Waals surface area contributed by atoms with Gasteiger partial charge in [0, 0.05) is 17.1 Å². The summed E-state index contributed by atoms with van der Waals surface area (Å²) in [6, 6.07) is 16.7. The number of anilines is 1. The molecule has 2 heterocycles. The molecule has 2 amide bonds. The maximum Gasteiger partial charge on any atom is 0.291 e. The fourth-order valence-corrected chi connectivity index (χ4v) is 3.89. The first-order valence-electron chi connectivity index (χ1n) is 10.4. The maximum absolute atomic E-state index is 12.5. The summed E-state index contributed by atoms with van der Waals surface area (Å²) in [5, 5.41) is 13.6. The molecular weight excluding hydrogens is 426 g/mol. The third-order valence-electron chi connectivity index (χ3n) is 5.36. The van der Waals surface area contributed by atoms with Crippen LogP contribution in [0.4, 0.5) is 5.69 Å². The van der Waals surface area contributed by atoms with Crippen molar-refractivity contribution >= 4 is 40.7 Å². The van der Waals surface area contributed by atoms with Crippen LogP contribution in [0, 0.1) is 4.77 Å². The Kier molecular flexibility index (Phi) is 5.32. The summed E-state index contributed by atoms with van der Waals surface area (Å²) in [5.74, 6) is 0.560. The second kappa shape index (κ2) is 8.43. The van der Waals surface area contributed by atoms with Crippen LogP contribution < -0.4 is 10.6 Å². The molecule has 0 aliphatic heterocycles. The highest BCUT2D eigenvalue weighted by atomic mass is 32.1. The maximum atomic E-state index is 12.5. The lowest BCUT2D eigenvalue weighted by atomic mass is 10.1. The van der Waals surface area contributed by atoms with Gasteiger partial charge in [0.15, 0.2) is 16.4 Å². The third-order valence-corrected chi connectivity index (χ3v) is 5.65. The molecule has 0 radical (unpaired) electrons. The highest BCUT2D eigenvalue weighted by Gasteiger charge is 2.27. The number of H-pyrrole nitrogens is 1. The molecule has 5 rings (SSSR count). The SMILES string of the molecule is O=C(Cc1ccc(NC(=O)c2cc3ccccc3o2)cc1)NCc1n[nH]c(=S)n1C1CC1.